The molecule has 0 saturated carbocycles. The fourth-order valence-corrected chi connectivity index (χ4v) is 8.87. The standard InChI is InChI=1S/C33H38FN11O12P2/c1-3-5-8-22(46)42-29-25-31(38-15-36-29)44(17-40-25)19-12-51-20-13-54-59(50,52-11-7-10-35)57-28-21(14-53-58(48,49)56-27(19)20)55-33(24(28)34)45-18-41-26-30(37-16-39-32(26)45)43-23(47)9-6-4-2/h3-4,15-21,24,27-28,33H,1-2,5-9,11-14H2,(H,48,49)(H,36,38,42,46)(H,37,39,43,47)/t19-,20-,21-,24-,27+,28-,33-,59?/m1/s1. The Morgan fingerprint density at radius 1 is 0.898 bits per heavy atom. The van der Waals surface area contributed by atoms with Crippen LogP contribution in [0.2, 0.25) is 0 Å². The highest BCUT2D eigenvalue weighted by Crippen LogP contribution is 2.56. The Morgan fingerprint density at radius 3 is 2.14 bits per heavy atom. The number of hydrogen-bond acceptors (Lipinski definition) is 18. The molecule has 314 valence electrons. The first kappa shape index (κ1) is 42.2. The smallest absolute Gasteiger partial charge is 0.371 e. The van der Waals surface area contributed by atoms with Gasteiger partial charge < -0.3 is 29.6 Å². The lowest BCUT2D eigenvalue weighted by Crippen LogP contribution is -2.37. The van der Waals surface area contributed by atoms with Gasteiger partial charge in [0.2, 0.25) is 11.8 Å². The van der Waals surface area contributed by atoms with Crippen molar-refractivity contribution >= 4 is 61.4 Å². The van der Waals surface area contributed by atoms with Gasteiger partial charge in [-0.2, -0.15) is 5.26 Å². The number of nitrogens with zero attached hydrogens (tertiary/aromatic N) is 9. The van der Waals surface area contributed by atoms with Crippen LogP contribution in [0.15, 0.2) is 50.6 Å². The molecular formula is C33H38FN11O12P2. The summed E-state index contributed by atoms with van der Waals surface area (Å²) in [6.45, 7) is 5.08. The molecule has 59 heavy (non-hydrogen) atoms. The van der Waals surface area contributed by atoms with E-state index >= 15 is 4.39 Å². The number of nitrogens with one attached hydrogen (secondary N) is 2. The zero-order valence-corrected chi connectivity index (χ0v) is 32.8. The van der Waals surface area contributed by atoms with Crippen molar-refractivity contribution in [3.05, 3.63) is 50.6 Å². The molecule has 0 aliphatic carbocycles. The number of phosphoric acid groups is 2. The minimum absolute atomic E-state index is 0.0290. The van der Waals surface area contributed by atoms with Crippen LogP contribution in [0.3, 0.4) is 0 Å². The zero-order valence-electron chi connectivity index (χ0n) is 31.0. The molecule has 4 aromatic rings. The molecule has 0 radical (unpaired) electrons. The number of nitriles is 1. The monoisotopic (exact) mass is 861 g/mol. The number of hydrogen-bond donors (Lipinski definition) is 3. The summed E-state index contributed by atoms with van der Waals surface area (Å²) in [7, 11) is -9.87. The molecule has 2 amide bonds. The molecule has 3 saturated heterocycles. The first-order valence-electron chi connectivity index (χ1n) is 18.1. The lowest BCUT2D eigenvalue weighted by molar-refractivity contribution is -0.117. The summed E-state index contributed by atoms with van der Waals surface area (Å²) in [5.41, 5.74) is 0.512. The third-order valence-corrected chi connectivity index (χ3v) is 11.7. The number of phosphoric ester groups is 2. The predicted octanol–water partition coefficient (Wildman–Crippen LogP) is 3.61. The Morgan fingerprint density at radius 2 is 1.51 bits per heavy atom. The average Bonchev–Trinajstić information content (AvgIpc) is 4.00. The molecule has 9 atom stereocenters. The molecule has 3 N–H and O–H groups in total. The van der Waals surface area contributed by atoms with Crippen LogP contribution >= 0.6 is 15.6 Å². The molecule has 23 nitrogen and oxygen atoms in total. The summed E-state index contributed by atoms with van der Waals surface area (Å²) in [5.74, 6) is -0.568. The van der Waals surface area contributed by atoms with Gasteiger partial charge in [0, 0.05) is 12.8 Å². The van der Waals surface area contributed by atoms with E-state index in [9.17, 15) is 23.6 Å². The highest BCUT2D eigenvalue weighted by atomic mass is 31.2. The number of amides is 2. The Balaban J connectivity index is 1.16. The van der Waals surface area contributed by atoms with Crippen molar-refractivity contribution in [3.8, 4) is 6.07 Å². The van der Waals surface area contributed by atoms with Crippen molar-refractivity contribution in [2.24, 2.45) is 0 Å². The molecule has 0 spiro atoms. The number of carbonyl (C=O) groups excluding carboxylic acids is 2. The van der Waals surface area contributed by atoms with Crippen LogP contribution in [-0.2, 0) is 50.8 Å². The summed E-state index contributed by atoms with van der Waals surface area (Å²) >= 11 is 0. The topological polar surface area (TPSA) is 288 Å². The van der Waals surface area contributed by atoms with E-state index in [4.69, 9.17) is 37.4 Å². The molecule has 4 aromatic heterocycles. The number of aromatic nitrogens is 8. The van der Waals surface area contributed by atoms with E-state index in [1.165, 1.54) is 28.1 Å². The fraction of sp³-hybridized carbons (Fsp3) is 0.485. The van der Waals surface area contributed by atoms with Crippen molar-refractivity contribution in [2.45, 2.75) is 75.0 Å². The van der Waals surface area contributed by atoms with Gasteiger partial charge in [-0.05, 0) is 12.8 Å². The number of fused-ring (bicyclic) bond motifs is 4. The van der Waals surface area contributed by atoms with E-state index in [-0.39, 0.29) is 71.6 Å². The summed E-state index contributed by atoms with van der Waals surface area (Å²) < 4.78 is 87.0. The Bertz CT molecular complexity index is 2360. The molecule has 3 aliphatic heterocycles. The van der Waals surface area contributed by atoms with Crippen molar-refractivity contribution in [2.75, 3.05) is 37.1 Å². The first-order chi connectivity index (χ1) is 28.4. The van der Waals surface area contributed by atoms with Crippen molar-refractivity contribution in [3.63, 3.8) is 0 Å². The second-order valence-electron chi connectivity index (χ2n) is 13.2. The average molecular weight is 862 g/mol. The van der Waals surface area contributed by atoms with E-state index in [2.05, 4.69) is 53.7 Å². The largest absolute Gasteiger partial charge is 0.475 e. The molecule has 7 heterocycles. The van der Waals surface area contributed by atoms with Gasteiger partial charge in [0.15, 0.2) is 46.4 Å². The summed E-state index contributed by atoms with van der Waals surface area (Å²) in [6, 6.07) is 0.902. The van der Waals surface area contributed by atoms with Crippen molar-refractivity contribution in [1.29, 1.82) is 5.26 Å². The molecule has 3 fully saturated rings. The van der Waals surface area contributed by atoms with E-state index in [0.717, 1.165) is 6.33 Å². The van der Waals surface area contributed by atoms with Crippen LogP contribution in [0.25, 0.3) is 22.3 Å². The number of halogens is 1. The fourth-order valence-electron chi connectivity index (χ4n) is 6.50. The third kappa shape index (κ3) is 9.29. The maximum atomic E-state index is 16.6. The molecule has 7 rings (SSSR count). The lowest BCUT2D eigenvalue weighted by atomic mass is 10.1. The van der Waals surface area contributed by atoms with Gasteiger partial charge in [-0.3, -0.25) is 36.8 Å². The van der Waals surface area contributed by atoms with E-state index in [1.54, 1.807) is 12.2 Å². The molecular weight excluding hydrogens is 823 g/mol. The minimum Gasteiger partial charge on any atom is -0.371 e. The molecule has 0 aromatic carbocycles. The Labute approximate surface area is 334 Å². The minimum atomic E-state index is -5.07. The highest BCUT2D eigenvalue weighted by Gasteiger charge is 2.54. The maximum Gasteiger partial charge on any atom is 0.475 e. The zero-order chi connectivity index (χ0) is 41.7. The summed E-state index contributed by atoms with van der Waals surface area (Å²) in [6.07, 6.45) is -0.957. The van der Waals surface area contributed by atoms with Gasteiger partial charge in [-0.25, -0.2) is 43.4 Å². The third-order valence-electron chi connectivity index (χ3n) is 9.28. The number of anilines is 2. The lowest BCUT2D eigenvalue weighted by Gasteiger charge is -2.30. The summed E-state index contributed by atoms with van der Waals surface area (Å²) in [5, 5.41) is 14.5. The predicted molar refractivity (Wildman–Crippen MR) is 200 cm³/mol. The number of carbonyl (C=O) groups is 2. The van der Waals surface area contributed by atoms with Crippen LogP contribution < -0.4 is 10.6 Å². The van der Waals surface area contributed by atoms with Gasteiger partial charge >= 0.3 is 15.6 Å². The van der Waals surface area contributed by atoms with E-state index in [1.807, 2.05) is 6.07 Å². The SMILES string of the molecule is C=CCCC(=O)Nc1ncnc2c1ncn2[C@@H]1CO[C@@H]2COP(=O)(OCCC#N)O[C@H]3[C@@H](F)[C@H](n4cnc5c(NC(=O)CCC=C)ncnc54)O[C@@H]3COP(=O)(O)O[C@@H]12. The molecule has 26 heteroatoms. The normalized spacial score (nSPS) is 29.7. The highest BCUT2D eigenvalue weighted by molar-refractivity contribution is 7.48. The van der Waals surface area contributed by atoms with Gasteiger partial charge in [-0.15, -0.1) is 13.2 Å². The van der Waals surface area contributed by atoms with Gasteiger partial charge in [0.05, 0.1) is 57.6 Å². The summed E-state index contributed by atoms with van der Waals surface area (Å²) in [4.78, 5) is 61.2. The number of alkyl halides is 1. The van der Waals surface area contributed by atoms with Crippen molar-refractivity contribution in [1.82, 2.24) is 39.0 Å². The van der Waals surface area contributed by atoms with Gasteiger partial charge in [0.1, 0.15) is 37.1 Å². The first-order valence-corrected chi connectivity index (χ1v) is 21.1. The van der Waals surface area contributed by atoms with Gasteiger partial charge in [-0.1, -0.05) is 12.2 Å². The van der Waals surface area contributed by atoms with Crippen LogP contribution in [0.5, 0.6) is 0 Å². The number of ether oxygens (including phenoxy) is 2. The van der Waals surface area contributed by atoms with Crippen molar-refractivity contribution < 1.29 is 60.1 Å². The second-order valence-corrected chi connectivity index (χ2v) is 16.2. The molecule has 0 bridgehead atoms. The second kappa shape index (κ2) is 18.1. The quantitative estimate of drug-likeness (QED) is 0.0983. The van der Waals surface area contributed by atoms with Gasteiger partial charge in [0.25, 0.3) is 0 Å². The number of allylic oxidation sites excluding steroid dienone is 2. The molecule has 2 unspecified atom stereocenters. The van der Waals surface area contributed by atoms with Crippen LogP contribution in [0.1, 0.15) is 44.4 Å². The van der Waals surface area contributed by atoms with E-state index in [0.29, 0.717) is 12.8 Å². The number of rotatable bonds is 13. The van der Waals surface area contributed by atoms with E-state index < -0.39 is 78.3 Å². The number of imidazole rings is 2. The molecule has 3 aliphatic rings. The maximum absolute atomic E-state index is 16.6. The van der Waals surface area contributed by atoms with Crippen LogP contribution in [-0.4, -0.2) is 113 Å². The van der Waals surface area contributed by atoms with Crippen LogP contribution in [0.4, 0.5) is 16.0 Å². The van der Waals surface area contributed by atoms with Crippen LogP contribution in [0, 0.1) is 11.3 Å². The Kier molecular flexibility index (Phi) is 13.0. The Hall–Kier alpha value is -4.92.